The topological polar surface area (TPSA) is 59.4 Å². The Morgan fingerprint density at radius 2 is 1.89 bits per heavy atom. The Hall–Kier alpha value is -3.12. The number of ether oxygens (including phenoxy) is 1. The van der Waals surface area contributed by atoms with Crippen molar-refractivity contribution in [3.8, 4) is 22.7 Å². The normalized spacial score (nSPS) is 10.9. The molecule has 28 heavy (non-hydrogen) atoms. The number of amides is 1. The van der Waals surface area contributed by atoms with E-state index in [-0.39, 0.29) is 5.91 Å². The highest BCUT2D eigenvalue weighted by Crippen LogP contribution is 2.24. The van der Waals surface area contributed by atoms with E-state index in [0.717, 1.165) is 34.8 Å². The van der Waals surface area contributed by atoms with Gasteiger partial charge in [0.1, 0.15) is 11.4 Å². The highest BCUT2D eigenvalue weighted by Gasteiger charge is 2.17. The summed E-state index contributed by atoms with van der Waals surface area (Å²) >= 11 is 0. The maximum atomic E-state index is 12.8. The molecule has 6 heteroatoms. The zero-order valence-corrected chi connectivity index (χ0v) is 16.8. The predicted octanol–water partition coefficient (Wildman–Crippen LogP) is 3.15. The molecule has 1 heterocycles. The van der Waals surface area contributed by atoms with Gasteiger partial charge in [-0.3, -0.25) is 4.79 Å². The summed E-state index contributed by atoms with van der Waals surface area (Å²) in [7, 11) is 5.59. The fourth-order valence-electron chi connectivity index (χ4n) is 2.89. The van der Waals surface area contributed by atoms with Gasteiger partial charge in [-0.15, -0.1) is 0 Å². The molecule has 0 aliphatic carbocycles. The molecule has 0 fully saturated rings. The maximum absolute atomic E-state index is 12.8. The van der Waals surface area contributed by atoms with Gasteiger partial charge in [0.25, 0.3) is 5.91 Å². The van der Waals surface area contributed by atoms with E-state index in [0.29, 0.717) is 12.2 Å². The number of hydrogen-bond donors (Lipinski definition) is 1. The number of carbonyl (C=O) groups excluding carboxylic acids is 1. The molecule has 0 saturated carbocycles. The predicted molar refractivity (Wildman–Crippen MR) is 111 cm³/mol. The molecule has 3 aromatic rings. The van der Waals surface area contributed by atoms with Crippen LogP contribution in [0.1, 0.15) is 16.1 Å². The summed E-state index contributed by atoms with van der Waals surface area (Å²) in [6.45, 7) is 3.37. The molecular formula is C22H26N4O2. The molecule has 0 unspecified atom stereocenters. The van der Waals surface area contributed by atoms with Crippen molar-refractivity contribution in [3.63, 3.8) is 0 Å². The van der Waals surface area contributed by atoms with E-state index in [9.17, 15) is 4.79 Å². The number of nitrogens with one attached hydrogen (secondary N) is 1. The lowest BCUT2D eigenvalue weighted by Gasteiger charge is -2.11. The van der Waals surface area contributed by atoms with E-state index < -0.39 is 0 Å². The van der Waals surface area contributed by atoms with E-state index in [4.69, 9.17) is 9.84 Å². The highest BCUT2D eigenvalue weighted by atomic mass is 16.5. The first kappa shape index (κ1) is 19.6. The van der Waals surface area contributed by atoms with Crippen molar-refractivity contribution in [2.45, 2.75) is 6.92 Å². The summed E-state index contributed by atoms with van der Waals surface area (Å²) < 4.78 is 6.93. The van der Waals surface area contributed by atoms with Crippen molar-refractivity contribution in [2.75, 3.05) is 34.3 Å². The van der Waals surface area contributed by atoms with Crippen LogP contribution in [0.3, 0.4) is 0 Å². The first-order valence-corrected chi connectivity index (χ1v) is 9.22. The maximum Gasteiger partial charge on any atom is 0.270 e. The summed E-state index contributed by atoms with van der Waals surface area (Å²) in [5, 5.41) is 7.69. The minimum absolute atomic E-state index is 0.143. The summed E-state index contributed by atoms with van der Waals surface area (Å²) in [5.41, 5.74) is 4.14. The summed E-state index contributed by atoms with van der Waals surface area (Å²) in [4.78, 5) is 14.9. The number of likely N-dealkylation sites (N-methyl/N-ethyl adjacent to an activating group) is 1. The number of aryl methyl sites for hydroxylation is 1. The van der Waals surface area contributed by atoms with Gasteiger partial charge in [-0.1, -0.05) is 12.1 Å². The molecule has 0 radical (unpaired) electrons. The molecule has 6 nitrogen and oxygen atoms in total. The Labute approximate surface area is 165 Å². The Bertz CT molecular complexity index is 945. The van der Waals surface area contributed by atoms with Crippen molar-refractivity contribution in [1.29, 1.82) is 0 Å². The standard InChI is InChI=1S/C22H26N4O2/c1-16-6-5-7-18(14-16)26-21(22(27)23-12-13-25(2)3)15-20(24-26)17-8-10-19(28-4)11-9-17/h5-11,14-15H,12-13H2,1-4H3,(H,23,27). The zero-order valence-electron chi connectivity index (χ0n) is 16.8. The third kappa shape index (κ3) is 4.58. The molecule has 0 saturated heterocycles. The van der Waals surface area contributed by atoms with Gasteiger partial charge < -0.3 is 15.0 Å². The summed E-state index contributed by atoms with van der Waals surface area (Å²) in [6.07, 6.45) is 0. The lowest BCUT2D eigenvalue weighted by atomic mass is 10.1. The van der Waals surface area contributed by atoms with Crippen LogP contribution in [0.15, 0.2) is 54.6 Å². The molecule has 146 valence electrons. The van der Waals surface area contributed by atoms with Crippen LogP contribution >= 0.6 is 0 Å². The number of nitrogens with zero attached hydrogens (tertiary/aromatic N) is 3. The SMILES string of the molecule is COc1ccc(-c2cc(C(=O)NCCN(C)C)n(-c3cccc(C)c3)n2)cc1. The van der Waals surface area contributed by atoms with Gasteiger partial charge >= 0.3 is 0 Å². The van der Waals surface area contributed by atoms with Crippen LogP contribution < -0.4 is 10.1 Å². The van der Waals surface area contributed by atoms with Gasteiger partial charge in [-0.05, 0) is 69.0 Å². The Morgan fingerprint density at radius 1 is 1.14 bits per heavy atom. The molecule has 3 rings (SSSR count). The lowest BCUT2D eigenvalue weighted by molar-refractivity contribution is 0.0943. The first-order valence-electron chi connectivity index (χ1n) is 9.22. The molecule has 2 aromatic carbocycles. The zero-order chi connectivity index (χ0) is 20.1. The molecule has 0 spiro atoms. The lowest BCUT2D eigenvalue weighted by Crippen LogP contribution is -2.32. The van der Waals surface area contributed by atoms with Crippen LogP contribution in [0, 0.1) is 6.92 Å². The van der Waals surface area contributed by atoms with E-state index >= 15 is 0 Å². The number of aromatic nitrogens is 2. The number of rotatable bonds is 7. The monoisotopic (exact) mass is 378 g/mol. The Kier molecular flexibility index (Phi) is 6.11. The smallest absolute Gasteiger partial charge is 0.270 e. The fraction of sp³-hybridized carbons (Fsp3) is 0.273. The number of benzene rings is 2. The Balaban J connectivity index is 1.97. The summed E-state index contributed by atoms with van der Waals surface area (Å²) in [6, 6.07) is 17.4. The number of hydrogen-bond acceptors (Lipinski definition) is 4. The van der Waals surface area contributed by atoms with Crippen LogP contribution in [-0.2, 0) is 0 Å². The fourth-order valence-corrected chi connectivity index (χ4v) is 2.89. The van der Waals surface area contributed by atoms with Crippen molar-refractivity contribution in [3.05, 3.63) is 65.9 Å². The number of methoxy groups -OCH3 is 1. The second-order valence-corrected chi connectivity index (χ2v) is 6.95. The highest BCUT2D eigenvalue weighted by molar-refractivity contribution is 5.94. The van der Waals surface area contributed by atoms with Crippen LogP contribution in [0.2, 0.25) is 0 Å². The largest absolute Gasteiger partial charge is 0.497 e. The van der Waals surface area contributed by atoms with Crippen molar-refractivity contribution in [1.82, 2.24) is 20.0 Å². The third-order valence-corrected chi connectivity index (χ3v) is 4.42. The molecule has 0 bridgehead atoms. The minimum atomic E-state index is -0.143. The first-order chi connectivity index (χ1) is 13.5. The van der Waals surface area contributed by atoms with Gasteiger partial charge in [0.05, 0.1) is 18.5 Å². The molecule has 1 aromatic heterocycles. The van der Waals surface area contributed by atoms with Crippen LogP contribution in [0.25, 0.3) is 16.9 Å². The van der Waals surface area contributed by atoms with Crippen molar-refractivity contribution >= 4 is 5.91 Å². The molecule has 1 amide bonds. The van der Waals surface area contributed by atoms with Crippen LogP contribution in [-0.4, -0.2) is 54.9 Å². The van der Waals surface area contributed by atoms with Crippen molar-refractivity contribution < 1.29 is 9.53 Å². The number of carbonyl (C=O) groups is 1. The van der Waals surface area contributed by atoms with Gasteiger partial charge in [-0.2, -0.15) is 5.10 Å². The second kappa shape index (κ2) is 8.71. The van der Waals surface area contributed by atoms with Crippen LogP contribution in [0.5, 0.6) is 5.75 Å². The minimum Gasteiger partial charge on any atom is -0.497 e. The van der Waals surface area contributed by atoms with Gasteiger partial charge in [0.2, 0.25) is 0 Å². The molecule has 0 atom stereocenters. The van der Waals surface area contributed by atoms with E-state index in [1.54, 1.807) is 11.8 Å². The Morgan fingerprint density at radius 3 is 2.54 bits per heavy atom. The van der Waals surface area contributed by atoms with E-state index in [1.807, 2.05) is 80.5 Å². The average molecular weight is 378 g/mol. The molecule has 0 aliphatic heterocycles. The third-order valence-electron chi connectivity index (χ3n) is 4.42. The van der Waals surface area contributed by atoms with Gasteiger partial charge in [0, 0.05) is 18.7 Å². The van der Waals surface area contributed by atoms with Crippen LogP contribution in [0.4, 0.5) is 0 Å². The molecule has 0 aliphatic rings. The molecular weight excluding hydrogens is 352 g/mol. The van der Waals surface area contributed by atoms with Crippen molar-refractivity contribution in [2.24, 2.45) is 0 Å². The van der Waals surface area contributed by atoms with Gasteiger partial charge in [-0.25, -0.2) is 4.68 Å². The van der Waals surface area contributed by atoms with E-state index in [1.165, 1.54) is 0 Å². The second-order valence-electron chi connectivity index (χ2n) is 6.95. The van der Waals surface area contributed by atoms with E-state index in [2.05, 4.69) is 5.32 Å². The summed E-state index contributed by atoms with van der Waals surface area (Å²) in [5.74, 6) is 0.638. The van der Waals surface area contributed by atoms with Gasteiger partial charge in [0.15, 0.2) is 0 Å². The quantitative estimate of drug-likeness (QED) is 0.686. The average Bonchev–Trinajstić information content (AvgIpc) is 3.13. The molecule has 1 N–H and O–H groups in total.